The number of nitrogens with zero attached hydrogens (tertiary/aromatic N) is 2. The molecule has 0 atom stereocenters. The monoisotopic (exact) mass is 463 g/mol. The summed E-state index contributed by atoms with van der Waals surface area (Å²) in [6.07, 6.45) is 1.97. The number of carbonyl (C=O) groups is 1. The van der Waals surface area contributed by atoms with Crippen LogP contribution in [0.1, 0.15) is 24.2 Å². The van der Waals surface area contributed by atoms with Gasteiger partial charge in [0.05, 0.1) is 23.7 Å². The number of ether oxygens (including phenoxy) is 1. The van der Waals surface area contributed by atoms with E-state index in [9.17, 15) is 13.2 Å². The molecule has 2 aromatic rings. The van der Waals surface area contributed by atoms with Crippen LogP contribution in [0.5, 0.6) is 0 Å². The lowest BCUT2D eigenvalue weighted by molar-refractivity contribution is 0.102. The number of hydrogen-bond acceptors (Lipinski definition) is 6. The predicted octanol–water partition coefficient (Wildman–Crippen LogP) is 3.53. The average Bonchev–Trinajstić information content (AvgIpc) is 2.80. The van der Waals surface area contributed by atoms with E-state index in [0.29, 0.717) is 56.3 Å². The Morgan fingerprint density at radius 1 is 1.13 bits per heavy atom. The maximum Gasteiger partial charge on any atom is 0.257 e. The number of benzene rings is 2. The second-order valence-corrected chi connectivity index (χ2v) is 9.87. The Labute approximate surface area is 188 Å². The van der Waals surface area contributed by atoms with Gasteiger partial charge in [0.2, 0.25) is 10.0 Å². The molecule has 0 aromatic heterocycles. The zero-order valence-electron chi connectivity index (χ0n) is 18.1. The van der Waals surface area contributed by atoms with E-state index in [0.717, 1.165) is 4.90 Å². The Morgan fingerprint density at radius 2 is 1.84 bits per heavy atom. The van der Waals surface area contributed by atoms with Crippen LogP contribution in [0.25, 0.3) is 0 Å². The van der Waals surface area contributed by atoms with Crippen LogP contribution in [0.15, 0.2) is 52.3 Å². The first-order valence-electron chi connectivity index (χ1n) is 10.3. The van der Waals surface area contributed by atoms with Crippen LogP contribution in [0.4, 0.5) is 11.4 Å². The molecule has 3 rings (SSSR count). The van der Waals surface area contributed by atoms with E-state index in [1.54, 1.807) is 37.7 Å². The zero-order valence-corrected chi connectivity index (χ0v) is 19.8. The maximum atomic E-state index is 13.3. The van der Waals surface area contributed by atoms with Crippen molar-refractivity contribution < 1.29 is 17.9 Å². The van der Waals surface area contributed by atoms with Gasteiger partial charge in [-0.1, -0.05) is 19.9 Å². The Hall–Kier alpha value is -2.07. The summed E-state index contributed by atoms with van der Waals surface area (Å²) in [6, 6.07) is 12.4. The summed E-state index contributed by atoms with van der Waals surface area (Å²) in [7, 11) is -3.68. The molecule has 2 aromatic carbocycles. The topological polar surface area (TPSA) is 79.0 Å². The SMILES string of the molecule is CCN(CC)S(=O)(=O)c1ccc(N2CCOCC2)c(C(=O)Nc2cccc(SC)c2)c1. The van der Waals surface area contributed by atoms with Gasteiger partial charge in [-0.05, 0) is 42.7 Å². The lowest BCUT2D eigenvalue weighted by atomic mass is 10.1. The van der Waals surface area contributed by atoms with Crippen LogP contribution in [-0.4, -0.2) is 64.3 Å². The second kappa shape index (κ2) is 10.5. The summed E-state index contributed by atoms with van der Waals surface area (Å²) in [4.78, 5) is 16.5. The van der Waals surface area contributed by atoms with E-state index >= 15 is 0 Å². The lowest BCUT2D eigenvalue weighted by Crippen LogP contribution is -2.37. The van der Waals surface area contributed by atoms with Gasteiger partial charge < -0.3 is 15.0 Å². The van der Waals surface area contributed by atoms with Crippen LogP contribution in [0.2, 0.25) is 0 Å². The Balaban J connectivity index is 2.02. The van der Waals surface area contributed by atoms with Crippen molar-refractivity contribution in [2.24, 2.45) is 0 Å². The third-order valence-corrected chi connectivity index (χ3v) is 8.01. The van der Waals surface area contributed by atoms with Gasteiger partial charge in [-0.2, -0.15) is 4.31 Å². The molecule has 1 aliphatic rings. The van der Waals surface area contributed by atoms with Crippen molar-refractivity contribution in [3.8, 4) is 0 Å². The van der Waals surface area contributed by atoms with Crippen LogP contribution < -0.4 is 10.2 Å². The summed E-state index contributed by atoms with van der Waals surface area (Å²) in [6.45, 7) is 6.76. The maximum absolute atomic E-state index is 13.3. The third kappa shape index (κ3) is 5.41. The first-order chi connectivity index (χ1) is 14.9. The second-order valence-electron chi connectivity index (χ2n) is 7.05. The molecule has 0 spiro atoms. The Morgan fingerprint density at radius 3 is 2.48 bits per heavy atom. The molecule has 0 bridgehead atoms. The number of nitrogens with one attached hydrogen (secondary N) is 1. The highest BCUT2D eigenvalue weighted by atomic mass is 32.2. The number of amides is 1. The van der Waals surface area contributed by atoms with Gasteiger partial charge in [-0.15, -0.1) is 11.8 Å². The zero-order chi connectivity index (χ0) is 22.4. The Bertz CT molecular complexity index is 1020. The highest BCUT2D eigenvalue weighted by molar-refractivity contribution is 7.98. The van der Waals surface area contributed by atoms with Gasteiger partial charge in [0.15, 0.2) is 0 Å². The largest absolute Gasteiger partial charge is 0.378 e. The smallest absolute Gasteiger partial charge is 0.257 e. The van der Waals surface area contributed by atoms with Gasteiger partial charge in [0.1, 0.15) is 0 Å². The molecule has 1 saturated heterocycles. The van der Waals surface area contributed by atoms with Crippen LogP contribution in [0.3, 0.4) is 0 Å². The molecule has 9 heteroatoms. The number of rotatable bonds is 8. The molecular formula is C22H29N3O4S2. The fourth-order valence-electron chi connectivity index (χ4n) is 3.55. The van der Waals surface area contributed by atoms with Gasteiger partial charge in [-0.25, -0.2) is 8.42 Å². The lowest BCUT2D eigenvalue weighted by Gasteiger charge is -2.30. The van der Waals surface area contributed by atoms with Gasteiger partial charge >= 0.3 is 0 Å². The molecule has 1 amide bonds. The molecule has 1 fully saturated rings. The molecule has 0 unspecified atom stereocenters. The molecule has 1 heterocycles. The average molecular weight is 464 g/mol. The number of morpholine rings is 1. The molecule has 1 aliphatic heterocycles. The minimum atomic E-state index is -3.68. The molecule has 0 saturated carbocycles. The van der Waals surface area contributed by atoms with E-state index < -0.39 is 10.0 Å². The summed E-state index contributed by atoms with van der Waals surface area (Å²) >= 11 is 1.59. The summed E-state index contributed by atoms with van der Waals surface area (Å²) in [5.74, 6) is -0.337. The summed E-state index contributed by atoms with van der Waals surface area (Å²) < 4.78 is 32.9. The fraction of sp³-hybridized carbons (Fsp3) is 0.409. The molecule has 0 aliphatic carbocycles. The molecule has 31 heavy (non-hydrogen) atoms. The molecular weight excluding hydrogens is 434 g/mol. The van der Waals surface area contributed by atoms with E-state index in [2.05, 4.69) is 10.2 Å². The standard InChI is InChI=1S/C22H29N3O4S2/c1-4-25(5-2)31(27,28)19-9-10-21(24-11-13-29-14-12-24)20(16-19)22(26)23-17-7-6-8-18(15-17)30-3/h6-10,15-16H,4-5,11-14H2,1-3H3,(H,23,26). The predicted molar refractivity (Wildman–Crippen MR) is 126 cm³/mol. The summed E-state index contributed by atoms with van der Waals surface area (Å²) in [5.41, 5.74) is 1.71. The number of hydrogen-bond donors (Lipinski definition) is 1. The number of carbonyl (C=O) groups excluding carboxylic acids is 1. The highest BCUT2D eigenvalue weighted by Gasteiger charge is 2.26. The Kier molecular flexibility index (Phi) is 7.99. The van der Waals surface area contributed by atoms with E-state index in [1.165, 1.54) is 10.4 Å². The van der Waals surface area contributed by atoms with Crippen molar-refractivity contribution in [1.82, 2.24) is 4.31 Å². The number of anilines is 2. The minimum Gasteiger partial charge on any atom is -0.378 e. The van der Waals surface area contributed by atoms with E-state index in [1.807, 2.05) is 30.5 Å². The fourth-order valence-corrected chi connectivity index (χ4v) is 5.49. The third-order valence-electron chi connectivity index (χ3n) is 5.24. The van der Waals surface area contributed by atoms with Crippen molar-refractivity contribution in [3.05, 3.63) is 48.0 Å². The van der Waals surface area contributed by atoms with Crippen LogP contribution in [-0.2, 0) is 14.8 Å². The van der Waals surface area contributed by atoms with Gasteiger partial charge in [0, 0.05) is 42.4 Å². The van der Waals surface area contributed by atoms with E-state index in [-0.39, 0.29) is 10.8 Å². The van der Waals surface area contributed by atoms with Crippen molar-refractivity contribution in [2.75, 3.05) is 55.9 Å². The molecule has 168 valence electrons. The first-order valence-corrected chi connectivity index (χ1v) is 13.0. The highest BCUT2D eigenvalue weighted by Crippen LogP contribution is 2.28. The summed E-state index contributed by atoms with van der Waals surface area (Å²) in [5, 5.41) is 2.93. The molecule has 0 radical (unpaired) electrons. The molecule has 1 N–H and O–H groups in total. The normalized spacial score (nSPS) is 14.6. The van der Waals surface area contributed by atoms with Crippen molar-refractivity contribution >= 4 is 39.1 Å². The van der Waals surface area contributed by atoms with Crippen LogP contribution in [0, 0.1) is 0 Å². The number of sulfonamides is 1. The van der Waals surface area contributed by atoms with Gasteiger partial charge in [0.25, 0.3) is 5.91 Å². The van der Waals surface area contributed by atoms with Crippen molar-refractivity contribution in [2.45, 2.75) is 23.6 Å². The number of thioether (sulfide) groups is 1. The minimum absolute atomic E-state index is 0.122. The van der Waals surface area contributed by atoms with Crippen LogP contribution >= 0.6 is 11.8 Å². The first kappa shape index (κ1) is 23.6. The van der Waals surface area contributed by atoms with Gasteiger partial charge in [-0.3, -0.25) is 4.79 Å². The van der Waals surface area contributed by atoms with Crippen molar-refractivity contribution in [1.29, 1.82) is 0 Å². The van der Waals surface area contributed by atoms with Crippen molar-refractivity contribution in [3.63, 3.8) is 0 Å². The molecule has 7 nitrogen and oxygen atoms in total. The quantitative estimate of drug-likeness (QED) is 0.604. The van der Waals surface area contributed by atoms with E-state index in [4.69, 9.17) is 4.74 Å².